The molecule has 0 atom stereocenters. The van der Waals surface area contributed by atoms with Crippen LogP contribution in [0.25, 0.3) is 0 Å². The first-order valence-corrected chi connectivity index (χ1v) is 8.56. The number of rotatable bonds is 9. The van der Waals surface area contributed by atoms with Gasteiger partial charge in [-0.2, -0.15) is 5.10 Å². The van der Waals surface area contributed by atoms with Gasteiger partial charge in [0.05, 0.1) is 18.8 Å². The molecular formula is C17H30N6O. The molecule has 24 heavy (non-hydrogen) atoms. The topological polar surface area (TPSA) is 61.0 Å². The standard InChI is InChI=1S/C17H30N6O/c1-7-8-23-15(4)18-19-17(23)12-22(9-10-24-6)11-16-13(2)20-21(5)14(16)3/h7-12H2,1-6H3. The van der Waals surface area contributed by atoms with Crippen LogP contribution in [-0.4, -0.2) is 49.7 Å². The molecule has 0 radical (unpaired) electrons. The SMILES string of the molecule is CCCn1c(C)nnc1CN(CCOC)Cc1c(C)nn(C)c1C. The molecule has 0 amide bonds. The number of hydrogen-bond donors (Lipinski definition) is 0. The predicted octanol–water partition coefficient (Wildman–Crippen LogP) is 2.00. The van der Waals surface area contributed by atoms with Gasteiger partial charge in [-0.25, -0.2) is 0 Å². The first-order chi connectivity index (χ1) is 11.5. The molecule has 0 aliphatic carbocycles. The highest BCUT2D eigenvalue weighted by Crippen LogP contribution is 2.16. The molecule has 0 N–H and O–H groups in total. The minimum Gasteiger partial charge on any atom is -0.383 e. The van der Waals surface area contributed by atoms with E-state index in [1.54, 1.807) is 7.11 Å². The molecule has 134 valence electrons. The predicted molar refractivity (Wildman–Crippen MR) is 93.7 cm³/mol. The second-order valence-corrected chi connectivity index (χ2v) is 6.29. The summed E-state index contributed by atoms with van der Waals surface area (Å²) in [7, 11) is 3.73. The zero-order valence-corrected chi connectivity index (χ0v) is 15.8. The molecule has 0 spiro atoms. The number of nitrogens with zero attached hydrogens (tertiary/aromatic N) is 6. The number of hydrogen-bond acceptors (Lipinski definition) is 5. The summed E-state index contributed by atoms with van der Waals surface area (Å²) in [6.07, 6.45) is 1.07. The van der Waals surface area contributed by atoms with Crippen LogP contribution in [0.3, 0.4) is 0 Å². The molecule has 0 saturated heterocycles. The van der Waals surface area contributed by atoms with Crippen molar-refractivity contribution in [1.29, 1.82) is 0 Å². The molecular weight excluding hydrogens is 304 g/mol. The summed E-state index contributed by atoms with van der Waals surface area (Å²) in [5.74, 6) is 2.00. The second-order valence-electron chi connectivity index (χ2n) is 6.29. The highest BCUT2D eigenvalue weighted by molar-refractivity contribution is 5.24. The van der Waals surface area contributed by atoms with Crippen molar-refractivity contribution in [2.75, 3.05) is 20.3 Å². The van der Waals surface area contributed by atoms with Gasteiger partial charge in [0.2, 0.25) is 0 Å². The molecule has 2 rings (SSSR count). The minimum absolute atomic E-state index is 0.694. The van der Waals surface area contributed by atoms with Crippen molar-refractivity contribution < 1.29 is 4.74 Å². The molecule has 0 fully saturated rings. The molecule has 2 heterocycles. The quantitative estimate of drug-likeness (QED) is 0.702. The summed E-state index contributed by atoms with van der Waals surface area (Å²) in [5, 5.41) is 13.2. The van der Waals surface area contributed by atoms with Gasteiger partial charge in [-0.1, -0.05) is 6.92 Å². The summed E-state index contributed by atoms with van der Waals surface area (Å²) in [5.41, 5.74) is 3.58. The Morgan fingerprint density at radius 2 is 1.88 bits per heavy atom. The normalized spacial score (nSPS) is 11.6. The van der Waals surface area contributed by atoms with E-state index in [9.17, 15) is 0 Å². The number of methoxy groups -OCH3 is 1. The molecule has 0 unspecified atom stereocenters. The Kier molecular flexibility index (Phi) is 6.51. The van der Waals surface area contributed by atoms with Crippen LogP contribution in [0.5, 0.6) is 0 Å². The van der Waals surface area contributed by atoms with E-state index in [2.05, 4.69) is 45.5 Å². The lowest BCUT2D eigenvalue weighted by molar-refractivity contribution is 0.137. The third kappa shape index (κ3) is 4.21. The van der Waals surface area contributed by atoms with Crippen molar-refractivity contribution in [3.05, 3.63) is 28.6 Å². The van der Waals surface area contributed by atoms with Crippen molar-refractivity contribution in [2.45, 2.75) is 53.8 Å². The van der Waals surface area contributed by atoms with Gasteiger partial charge in [0, 0.05) is 45.0 Å². The van der Waals surface area contributed by atoms with E-state index in [4.69, 9.17) is 4.74 Å². The average molecular weight is 334 g/mol. The second kappa shape index (κ2) is 8.39. The van der Waals surface area contributed by atoms with E-state index >= 15 is 0 Å². The molecule has 2 aromatic rings. The highest BCUT2D eigenvalue weighted by atomic mass is 16.5. The summed E-state index contributed by atoms with van der Waals surface area (Å²) >= 11 is 0. The molecule has 0 aliphatic rings. The fourth-order valence-electron chi connectivity index (χ4n) is 2.96. The molecule has 7 heteroatoms. The van der Waals surface area contributed by atoms with Gasteiger partial charge in [-0.15, -0.1) is 10.2 Å². The molecule has 0 saturated carbocycles. The molecule has 0 aliphatic heterocycles. The van der Waals surface area contributed by atoms with E-state index in [1.807, 2.05) is 18.7 Å². The van der Waals surface area contributed by atoms with Crippen molar-refractivity contribution in [3.8, 4) is 0 Å². The summed E-state index contributed by atoms with van der Waals surface area (Å²) in [6.45, 7) is 12.5. The first kappa shape index (κ1) is 18.6. The maximum atomic E-state index is 5.29. The van der Waals surface area contributed by atoms with Gasteiger partial charge >= 0.3 is 0 Å². The van der Waals surface area contributed by atoms with Gasteiger partial charge in [0.1, 0.15) is 11.6 Å². The van der Waals surface area contributed by atoms with Crippen LogP contribution in [0.2, 0.25) is 0 Å². The highest BCUT2D eigenvalue weighted by Gasteiger charge is 2.17. The average Bonchev–Trinajstić information content (AvgIpc) is 3.00. The van der Waals surface area contributed by atoms with Gasteiger partial charge in [0.25, 0.3) is 0 Å². The summed E-state index contributed by atoms with van der Waals surface area (Å²) < 4.78 is 9.45. The Bertz CT molecular complexity index is 660. The van der Waals surface area contributed by atoms with Crippen LogP contribution < -0.4 is 0 Å². The zero-order chi connectivity index (χ0) is 17.7. The van der Waals surface area contributed by atoms with Crippen LogP contribution in [-0.2, 0) is 31.4 Å². The fraction of sp³-hybridized carbons (Fsp3) is 0.706. The maximum Gasteiger partial charge on any atom is 0.147 e. The maximum absolute atomic E-state index is 5.29. The summed E-state index contributed by atoms with van der Waals surface area (Å²) in [6, 6.07) is 0. The number of aromatic nitrogens is 5. The molecule has 0 aromatic carbocycles. The van der Waals surface area contributed by atoms with Crippen molar-refractivity contribution in [1.82, 2.24) is 29.4 Å². The van der Waals surface area contributed by atoms with Crippen LogP contribution in [0.1, 0.15) is 41.9 Å². The van der Waals surface area contributed by atoms with E-state index in [-0.39, 0.29) is 0 Å². The van der Waals surface area contributed by atoms with E-state index in [1.165, 1.54) is 11.3 Å². The third-order valence-electron chi connectivity index (χ3n) is 4.48. The van der Waals surface area contributed by atoms with Crippen molar-refractivity contribution in [3.63, 3.8) is 0 Å². The lowest BCUT2D eigenvalue weighted by Crippen LogP contribution is -2.28. The first-order valence-electron chi connectivity index (χ1n) is 8.56. The molecule has 7 nitrogen and oxygen atoms in total. The summed E-state index contributed by atoms with van der Waals surface area (Å²) in [4.78, 5) is 2.36. The largest absolute Gasteiger partial charge is 0.383 e. The Morgan fingerprint density at radius 3 is 2.46 bits per heavy atom. The van der Waals surface area contributed by atoms with Crippen LogP contribution in [0.15, 0.2) is 0 Å². The number of ether oxygens (including phenoxy) is 1. The van der Waals surface area contributed by atoms with Gasteiger partial charge in [-0.3, -0.25) is 9.58 Å². The third-order valence-corrected chi connectivity index (χ3v) is 4.48. The van der Waals surface area contributed by atoms with E-state index < -0.39 is 0 Å². The van der Waals surface area contributed by atoms with E-state index in [0.717, 1.165) is 49.9 Å². The van der Waals surface area contributed by atoms with Gasteiger partial charge in [-0.05, 0) is 27.2 Å². The van der Waals surface area contributed by atoms with Gasteiger partial charge < -0.3 is 9.30 Å². The van der Waals surface area contributed by atoms with E-state index in [0.29, 0.717) is 6.61 Å². The lowest BCUT2D eigenvalue weighted by Gasteiger charge is -2.22. The Balaban J connectivity index is 2.19. The van der Waals surface area contributed by atoms with Crippen LogP contribution in [0, 0.1) is 20.8 Å². The van der Waals surface area contributed by atoms with Gasteiger partial charge in [0.15, 0.2) is 0 Å². The Morgan fingerprint density at radius 1 is 1.12 bits per heavy atom. The minimum atomic E-state index is 0.694. The molecule has 0 bridgehead atoms. The number of aryl methyl sites for hydroxylation is 3. The van der Waals surface area contributed by atoms with Crippen molar-refractivity contribution in [2.24, 2.45) is 7.05 Å². The Hall–Kier alpha value is -1.73. The van der Waals surface area contributed by atoms with Crippen LogP contribution in [0.4, 0.5) is 0 Å². The smallest absolute Gasteiger partial charge is 0.147 e. The Labute approximate surface area is 144 Å². The van der Waals surface area contributed by atoms with Crippen LogP contribution >= 0.6 is 0 Å². The lowest BCUT2D eigenvalue weighted by atomic mass is 10.2. The molecule has 2 aromatic heterocycles. The zero-order valence-electron chi connectivity index (χ0n) is 15.8. The van der Waals surface area contributed by atoms with Crippen molar-refractivity contribution >= 4 is 0 Å². The monoisotopic (exact) mass is 334 g/mol. The fourth-order valence-corrected chi connectivity index (χ4v) is 2.96.